The van der Waals surface area contributed by atoms with E-state index < -0.39 is 0 Å². The Morgan fingerprint density at radius 3 is 2.46 bits per heavy atom. The van der Waals surface area contributed by atoms with Crippen LogP contribution in [-0.4, -0.2) is 56.7 Å². The highest BCUT2D eigenvalue weighted by Crippen LogP contribution is 2.31. The molecular formula is C22H27N3O3. The molecule has 6 heteroatoms. The zero-order valence-electron chi connectivity index (χ0n) is 16.5. The van der Waals surface area contributed by atoms with Crippen molar-refractivity contribution in [3.63, 3.8) is 0 Å². The highest BCUT2D eigenvalue weighted by Gasteiger charge is 2.18. The number of carbonyl (C=O) groups excluding carboxylic acids is 1. The number of piperazine rings is 1. The summed E-state index contributed by atoms with van der Waals surface area (Å²) in [5.74, 6) is 1.16. The summed E-state index contributed by atoms with van der Waals surface area (Å²) >= 11 is 0. The Kier molecular flexibility index (Phi) is 5.39. The molecule has 0 saturated carbocycles. The third-order valence-corrected chi connectivity index (χ3v) is 5.45. The summed E-state index contributed by atoms with van der Waals surface area (Å²) < 4.78 is 11.1. The Labute approximate surface area is 166 Å². The zero-order valence-corrected chi connectivity index (χ0v) is 16.5. The number of nitrogens with zero attached hydrogens (tertiary/aromatic N) is 2. The van der Waals surface area contributed by atoms with E-state index in [0.717, 1.165) is 44.0 Å². The van der Waals surface area contributed by atoms with E-state index in [1.165, 1.54) is 5.69 Å². The summed E-state index contributed by atoms with van der Waals surface area (Å²) in [6, 6.07) is 11.5. The van der Waals surface area contributed by atoms with E-state index in [4.69, 9.17) is 9.47 Å². The first-order chi connectivity index (χ1) is 13.6. The fourth-order valence-electron chi connectivity index (χ4n) is 3.69. The van der Waals surface area contributed by atoms with Crippen molar-refractivity contribution in [3.05, 3.63) is 47.5 Å². The molecule has 1 fully saturated rings. The molecule has 2 aromatic carbocycles. The molecule has 28 heavy (non-hydrogen) atoms. The fourth-order valence-corrected chi connectivity index (χ4v) is 3.69. The van der Waals surface area contributed by atoms with Crippen molar-refractivity contribution >= 4 is 17.3 Å². The molecule has 6 nitrogen and oxygen atoms in total. The number of hydrogen-bond donors (Lipinski definition) is 1. The third kappa shape index (κ3) is 3.92. The summed E-state index contributed by atoms with van der Waals surface area (Å²) in [5.41, 5.74) is 3.66. The first-order valence-corrected chi connectivity index (χ1v) is 9.93. The molecule has 1 N–H and O–H groups in total. The molecule has 2 heterocycles. The lowest BCUT2D eigenvalue weighted by atomic mass is 10.1. The molecule has 2 aliphatic heterocycles. The molecule has 0 bridgehead atoms. The van der Waals surface area contributed by atoms with Crippen LogP contribution in [0.3, 0.4) is 0 Å². The van der Waals surface area contributed by atoms with Crippen molar-refractivity contribution in [3.8, 4) is 11.5 Å². The number of ether oxygens (including phenoxy) is 2. The van der Waals surface area contributed by atoms with Gasteiger partial charge in [0.05, 0.1) is 0 Å². The van der Waals surface area contributed by atoms with Gasteiger partial charge in [0.1, 0.15) is 13.2 Å². The highest BCUT2D eigenvalue weighted by molar-refractivity contribution is 6.05. The third-order valence-electron chi connectivity index (χ3n) is 5.45. The summed E-state index contributed by atoms with van der Waals surface area (Å²) in [6.45, 7) is 10.7. The van der Waals surface area contributed by atoms with Crippen LogP contribution < -0.4 is 19.7 Å². The van der Waals surface area contributed by atoms with E-state index in [2.05, 4.69) is 34.2 Å². The lowest BCUT2D eigenvalue weighted by molar-refractivity contribution is 0.102. The summed E-state index contributed by atoms with van der Waals surface area (Å²) in [5, 5.41) is 3.02. The molecule has 1 amide bonds. The second-order valence-corrected chi connectivity index (χ2v) is 7.23. The molecule has 0 aromatic heterocycles. The van der Waals surface area contributed by atoms with Gasteiger partial charge in [0.25, 0.3) is 5.91 Å². The molecule has 148 valence electrons. The van der Waals surface area contributed by atoms with Crippen LogP contribution in [0.15, 0.2) is 36.4 Å². The van der Waals surface area contributed by atoms with Gasteiger partial charge in [-0.25, -0.2) is 0 Å². The number of rotatable bonds is 4. The van der Waals surface area contributed by atoms with Crippen LogP contribution in [0, 0.1) is 6.92 Å². The number of nitrogens with one attached hydrogen (secondary N) is 1. The Morgan fingerprint density at radius 1 is 1.00 bits per heavy atom. The van der Waals surface area contributed by atoms with E-state index in [0.29, 0.717) is 30.3 Å². The molecule has 2 aliphatic rings. The average molecular weight is 381 g/mol. The second-order valence-electron chi connectivity index (χ2n) is 7.23. The van der Waals surface area contributed by atoms with E-state index in [1.807, 2.05) is 13.0 Å². The number of anilines is 2. The maximum absolute atomic E-state index is 12.7. The quantitative estimate of drug-likeness (QED) is 0.882. The number of likely N-dealkylation sites (N-methyl/N-ethyl adjacent to an activating group) is 1. The monoisotopic (exact) mass is 381 g/mol. The van der Waals surface area contributed by atoms with Gasteiger partial charge < -0.3 is 24.6 Å². The average Bonchev–Trinajstić information content (AvgIpc) is 2.74. The topological polar surface area (TPSA) is 54.0 Å². The molecule has 0 radical (unpaired) electrons. The maximum Gasteiger partial charge on any atom is 0.255 e. The van der Waals surface area contributed by atoms with E-state index in [-0.39, 0.29) is 5.91 Å². The smallest absolute Gasteiger partial charge is 0.255 e. The van der Waals surface area contributed by atoms with Crippen molar-refractivity contribution in [2.24, 2.45) is 0 Å². The number of carbonyl (C=O) groups is 1. The van der Waals surface area contributed by atoms with E-state index in [1.54, 1.807) is 18.2 Å². The van der Waals surface area contributed by atoms with Gasteiger partial charge in [-0.15, -0.1) is 0 Å². The first kappa shape index (κ1) is 18.6. The van der Waals surface area contributed by atoms with Gasteiger partial charge in [-0.05, 0) is 55.4 Å². The van der Waals surface area contributed by atoms with Gasteiger partial charge in [0.15, 0.2) is 11.5 Å². The number of fused-ring (bicyclic) bond motifs is 1. The van der Waals surface area contributed by atoms with Crippen LogP contribution in [0.4, 0.5) is 11.4 Å². The van der Waals surface area contributed by atoms with Crippen LogP contribution >= 0.6 is 0 Å². The Hall–Kier alpha value is -2.73. The van der Waals surface area contributed by atoms with E-state index in [9.17, 15) is 4.79 Å². The van der Waals surface area contributed by atoms with Crippen molar-refractivity contribution < 1.29 is 14.3 Å². The molecule has 0 unspecified atom stereocenters. The second kappa shape index (κ2) is 8.10. The van der Waals surface area contributed by atoms with Gasteiger partial charge in [0, 0.05) is 43.1 Å². The van der Waals surface area contributed by atoms with Gasteiger partial charge in [-0.1, -0.05) is 6.92 Å². The zero-order chi connectivity index (χ0) is 19.5. The number of amides is 1. The minimum atomic E-state index is -0.149. The predicted molar refractivity (Wildman–Crippen MR) is 111 cm³/mol. The van der Waals surface area contributed by atoms with Crippen LogP contribution in [0.2, 0.25) is 0 Å². The summed E-state index contributed by atoms with van der Waals surface area (Å²) in [6.07, 6.45) is 0. The molecule has 4 rings (SSSR count). The van der Waals surface area contributed by atoms with Crippen LogP contribution in [0.25, 0.3) is 0 Å². The normalized spacial score (nSPS) is 16.7. The minimum absolute atomic E-state index is 0.149. The summed E-state index contributed by atoms with van der Waals surface area (Å²) in [4.78, 5) is 17.6. The minimum Gasteiger partial charge on any atom is -0.486 e. The molecule has 0 atom stereocenters. The van der Waals surface area contributed by atoms with E-state index >= 15 is 0 Å². The predicted octanol–water partition coefficient (Wildman–Crippen LogP) is 3.16. The lowest BCUT2D eigenvalue weighted by Crippen LogP contribution is -2.46. The van der Waals surface area contributed by atoms with Crippen molar-refractivity contribution in [2.45, 2.75) is 13.8 Å². The van der Waals surface area contributed by atoms with Gasteiger partial charge >= 0.3 is 0 Å². The standard InChI is InChI=1S/C22H27N3O3/c1-3-24-8-10-25(11-9-24)18-5-6-19(16(2)14-18)23-22(26)17-4-7-20-21(15-17)28-13-12-27-20/h4-7,14-15H,3,8-13H2,1-2H3,(H,23,26). The number of aryl methyl sites for hydroxylation is 1. The SMILES string of the molecule is CCN1CCN(c2ccc(NC(=O)c3ccc4c(c3)OCCO4)c(C)c2)CC1. The fraction of sp³-hybridized carbons (Fsp3) is 0.409. The Bertz CT molecular complexity index is 860. The lowest BCUT2D eigenvalue weighted by Gasteiger charge is -2.35. The maximum atomic E-state index is 12.7. The number of hydrogen-bond acceptors (Lipinski definition) is 5. The molecule has 2 aromatic rings. The van der Waals surface area contributed by atoms with Gasteiger partial charge in [-0.2, -0.15) is 0 Å². The molecule has 0 aliphatic carbocycles. The van der Waals surface area contributed by atoms with Crippen molar-refractivity contribution in [1.29, 1.82) is 0 Å². The molecule has 1 saturated heterocycles. The first-order valence-electron chi connectivity index (χ1n) is 9.93. The Morgan fingerprint density at radius 2 is 1.75 bits per heavy atom. The summed E-state index contributed by atoms with van der Waals surface area (Å²) in [7, 11) is 0. The highest BCUT2D eigenvalue weighted by atomic mass is 16.6. The van der Waals surface area contributed by atoms with Gasteiger partial charge in [0.2, 0.25) is 0 Å². The van der Waals surface area contributed by atoms with Crippen molar-refractivity contribution in [1.82, 2.24) is 4.90 Å². The largest absolute Gasteiger partial charge is 0.486 e. The number of benzene rings is 2. The Balaban J connectivity index is 1.44. The van der Waals surface area contributed by atoms with Crippen molar-refractivity contribution in [2.75, 3.05) is 56.2 Å². The van der Waals surface area contributed by atoms with Crippen LogP contribution in [0.1, 0.15) is 22.8 Å². The molecular weight excluding hydrogens is 354 g/mol. The van der Waals surface area contributed by atoms with Gasteiger partial charge in [-0.3, -0.25) is 4.79 Å². The molecule has 0 spiro atoms. The van der Waals surface area contributed by atoms with Crippen LogP contribution in [0.5, 0.6) is 11.5 Å². The van der Waals surface area contributed by atoms with Crippen LogP contribution in [-0.2, 0) is 0 Å².